The molecule has 0 saturated carbocycles. The monoisotopic (exact) mass is 1160 g/mol. The molecule has 10 aromatic carbocycles. The fourth-order valence-electron chi connectivity index (χ4n) is 6.61. The predicted octanol–water partition coefficient (Wildman–Crippen LogP) is 20.3. The van der Waals surface area contributed by atoms with E-state index in [2.05, 4.69) is 116 Å². The van der Waals surface area contributed by atoms with Crippen LogP contribution in [0.3, 0.4) is 0 Å². The number of rotatable bonds is 11. The lowest BCUT2D eigenvalue weighted by Gasteiger charge is -2.26. The van der Waals surface area contributed by atoms with Crippen LogP contribution in [0.15, 0.2) is 291 Å². The average molecular weight is 1160 g/mol. The maximum atomic E-state index is 6.03. The van der Waals surface area contributed by atoms with Crippen LogP contribution in [0, 0.1) is 0 Å². The van der Waals surface area contributed by atoms with Crippen molar-refractivity contribution < 1.29 is 9.47 Å². The summed E-state index contributed by atoms with van der Waals surface area (Å²) in [4.78, 5) is 2.21. The Labute approximate surface area is 439 Å². The van der Waals surface area contributed by atoms with E-state index in [0.717, 1.165) is 80.7 Å². The summed E-state index contributed by atoms with van der Waals surface area (Å²) in [5.41, 5.74) is 7.44. The first-order chi connectivity index (χ1) is 33.8. The molecule has 0 atom stereocenters. The number of nitrogens with one attached hydrogen (secondary N) is 2. The minimum absolute atomic E-state index is 0.798. The van der Waals surface area contributed by atoms with Crippen LogP contribution >= 0.6 is 63.7 Å². The molecule has 10 rings (SSSR count). The molecule has 0 saturated heterocycles. The highest BCUT2D eigenvalue weighted by molar-refractivity contribution is 9.11. The molecule has 2 N–H and O–H groups in total. The van der Waals surface area contributed by atoms with Gasteiger partial charge < -0.3 is 25.0 Å². The molecule has 342 valence electrons. The van der Waals surface area contributed by atoms with E-state index in [1.807, 2.05) is 237 Å². The van der Waals surface area contributed by atoms with Gasteiger partial charge >= 0.3 is 0 Å². The van der Waals surface area contributed by atoms with Crippen LogP contribution in [-0.2, 0) is 0 Å². The van der Waals surface area contributed by atoms with Gasteiger partial charge in [0, 0.05) is 64.1 Å². The lowest BCUT2D eigenvalue weighted by atomic mass is 10.2. The van der Waals surface area contributed by atoms with Gasteiger partial charge in [-0.1, -0.05) is 175 Å². The highest BCUT2D eigenvalue weighted by Gasteiger charge is 2.15. The van der Waals surface area contributed by atoms with Gasteiger partial charge in [-0.15, -0.1) is 0 Å². The average Bonchev–Trinajstić information content (AvgIpc) is 3.37. The molecule has 5 nitrogen and oxygen atoms in total. The molecule has 0 aliphatic heterocycles. The molecule has 0 spiro atoms. The summed E-state index contributed by atoms with van der Waals surface area (Å²) < 4.78 is 16.2. The van der Waals surface area contributed by atoms with E-state index in [4.69, 9.17) is 9.47 Å². The van der Waals surface area contributed by atoms with E-state index >= 15 is 0 Å². The van der Waals surface area contributed by atoms with Crippen LogP contribution in [-0.4, -0.2) is 0 Å². The lowest BCUT2D eigenvalue weighted by Crippen LogP contribution is -2.10. The van der Waals surface area contributed by atoms with E-state index < -0.39 is 0 Å². The first-order valence-corrected chi connectivity index (χ1v) is 25.1. The second-order valence-corrected chi connectivity index (χ2v) is 18.5. The Balaban J connectivity index is 0.000000147. The Morgan fingerprint density at radius 1 is 0.275 bits per heavy atom. The van der Waals surface area contributed by atoms with Crippen molar-refractivity contribution in [1.29, 1.82) is 0 Å². The zero-order chi connectivity index (χ0) is 47.9. The molecular weight excluding hydrogens is 1110 g/mol. The van der Waals surface area contributed by atoms with Crippen LogP contribution in [0.25, 0.3) is 0 Å². The van der Waals surface area contributed by atoms with Crippen molar-refractivity contribution in [2.75, 3.05) is 15.5 Å². The third-order valence-electron chi connectivity index (χ3n) is 9.71. The van der Waals surface area contributed by atoms with Crippen LogP contribution in [0.2, 0.25) is 0 Å². The number of hydrogen-bond donors (Lipinski definition) is 2. The topological polar surface area (TPSA) is 45.8 Å². The fourth-order valence-corrected chi connectivity index (χ4v) is 8.58. The van der Waals surface area contributed by atoms with Gasteiger partial charge in [0.25, 0.3) is 0 Å². The summed E-state index contributed by atoms with van der Waals surface area (Å²) in [6.07, 6.45) is 0. The van der Waals surface area contributed by atoms with Gasteiger partial charge in [0.2, 0.25) is 0 Å². The van der Waals surface area contributed by atoms with Gasteiger partial charge in [-0.05, 0) is 149 Å². The number of ether oxygens (including phenoxy) is 2. The molecule has 0 radical (unpaired) electrons. The first kappa shape index (κ1) is 50.0. The molecule has 0 bridgehead atoms. The highest BCUT2D eigenvalue weighted by Crippen LogP contribution is 2.40. The molecule has 0 amide bonds. The van der Waals surface area contributed by atoms with Gasteiger partial charge in [-0.25, -0.2) is 0 Å². The Hall–Kier alpha value is -6.88. The van der Waals surface area contributed by atoms with Gasteiger partial charge in [0.1, 0.15) is 23.0 Å². The molecular formula is C60H47Br4N3O2. The Morgan fingerprint density at radius 3 is 1.13 bits per heavy atom. The number of benzene rings is 10. The van der Waals surface area contributed by atoms with Crippen molar-refractivity contribution in [3.63, 3.8) is 0 Å². The van der Waals surface area contributed by atoms with Crippen LogP contribution in [0.5, 0.6) is 23.0 Å². The zero-order valence-electron chi connectivity index (χ0n) is 37.3. The standard InChI is InChI=1S/C24H18BrNO.C18H15NO.C12H10BrN.C6H4Br2/c25-23-16-7-8-17-24(23)26(19-10-3-1-4-11-19)20-12-9-15-22(18-20)27-21-13-5-2-6-14-21;1-3-8-15(9-4-1)19-16-10-7-13-18(14-16)20-17-11-5-2-6-12-17;13-10-5-4-8-12(9-10)14-11-6-2-1-3-7-11;7-5-2-1-3-6(8)4-5/h1-18H;1-14,19H;1-9,14H;1-4H. The molecule has 0 aliphatic carbocycles. The van der Waals surface area contributed by atoms with Crippen LogP contribution in [0.4, 0.5) is 39.8 Å². The quantitative estimate of drug-likeness (QED) is 0.135. The minimum Gasteiger partial charge on any atom is -0.457 e. The number of hydrogen-bond acceptors (Lipinski definition) is 5. The maximum Gasteiger partial charge on any atom is 0.129 e. The number of anilines is 7. The van der Waals surface area contributed by atoms with E-state index in [-0.39, 0.29) is 0 Å². The normalized spacial score (nSPS) is 10.0. The number of nitrogens with zero attached hydrogens (tertiary/aromatic N) is 1. The predicted molar refractivity (Wildman–Crippen MR) is 304 cm³/mol. The van der Waals surface area contributed by atoms with Gasteiger partial charge in [0.05, 0.1) is 5.69 Å². The van der Waals surface area contributed by atoms with Crippen molar-refractivity contribution in [1.82, 2.24) is 0 Å². The summed E-state index contributed by atoms with van der Waals surface area (Å²) in [5.74, 6) is 3.27. The molecule has 0 unspecified atom stereocenters. The second kappa shape index (κ2) is 27.2. The van der Waals surface area contributed by atoms with Crippen molar-refractivity contribution in [2.24, 2.45) is 0 Å². The summed E-state index contributed by atoms with van der Waals surface area (Å²) in [5, 5.41) is 6.66. The second-order valence-electron chi connectivity index (χ2n) is 14.9. The van der Waals surface area contributed by atoms with Crippen LogP contribution in [0.1, 0.15) is 0 Å². The van der Waals surface area contributed by atoms with Crippen LogP contribution < -0.4 is 25.0 Å². The Bertz CT molecular complexity index is 2990. The third-order valence-corrected chi connectivity index (χ3v) is 11.9. The van der Waals surface area contributed by atoms with Gasteiger partial charge in [-0.2, -0.15) is 0 Å². The highest BCUT2D eigenvalue weighted by atomic mass is 79.9. The SMILES string of the molecule is Brc1cccc(Br)c1.Brc1cccc(Nc2ccccc2)c1.Brc1ccccc1N(c1ccccc1)c1cccc(Oc2ccccc2)c1.c1ccc(Nc2cccc(Oc3ccccc3)c2)cc1. The van der Waals surface area contributed by atoms with E-state index in [9.17, 15) is 0 Å². The summed E-state index contributed by atoms with van der Waals surface area (Å²) >= 11 is 13.8. The fraction of sp³-hybridized carbons (Fsp3) is 0. The van der Waals surface area contributed by atoms with Crippen molar-refractivity contribution >= 4 is 104 Å². The Morgan fingerprint density at radius 2 is 0.638 bits per heavy atom. The minimum atomic E-state index is 0.798. The molecule has 69 heavy (non-hydrogen) atoms. The molecule has 10 aromatic rings. The smallest absolute Gasteiger partial charge is 0.129 e. The third kappa shape index (κ3) is 17.0. The van der Waals surface area contributed by atoms with Crippen molar-refractivity contribution in [2.45, 2.75) is 0 Å². The summed E-state index contributed by atoms with van der Waals surface area (Å²) in [7, 11) is 0. The van der Waals surface area contributed by atoms with Gasteiger partial charge in [-0.3, -0.25) is 0 Å². The summed E-state index contributed by atoms with van der Waals surface area (Å²) in [6, 6.07) is 90.5. The first-order valence-electron chi connectivity index (χ1n) is 21.9. The molecule has 0 fully saturated rings. The number of halogens is 4. The summed E-state index contributed by atoms with van der Waals surface area (Å²) in [6.45, 7) is 0. The van der Waals surface area contributed by atoms with E-state index in [0.29, 0.717) is 0 Å². The maximum absolute atomic E-state index is 6.03. The van der Waals surface area contributed by atoms with E-state index in [1.165, 1.54) is 0 Å². The van der Waals surface area contributed by atoms with Gasteiger partial charge in [0.15, 0.2) is 0 Å². The molecule has 0 aliphatic rings. The zero-order valence-corrected chi connectivity index (χ0v) is 43.6. The molecule has 0 heterocycles. The van der Waals surface area contributed by atoms with E-state index in [1.54, 1.807) is 0 Å². The largest absolute Gasteiger partial charge is 0.457 e. The number of para-hydroxylation sites is 6. The van der Waals surface area contributed by atoms with Crippen molar-refractivity contribution in [3.05, 3.63) is 291 Å². The molecule has 9 heteroatoms. The lowest BCUT2D eigenvalue weighted by molar-refractivity contribution is 0.482. The molecule has 0 aromatic heterocycles. The Kier molecular flexibility index (Phi) is 19.7. The van der Waals surface area contributed by atoms with Crippen molar-refractivity contribution in [3.8, 4) is 23.0 Å².